The van der Waals surface area contributed by atoms with Gasteiger partial charge in [-0.05, 0) is 36.1 Å². The lowest BCUT2D eigenvalue weighted by Gasteiger charge is -2.29. The molecule has 0 spiro atoms. The molecule has 2 unspecified atom stereocenters. The van der Waals surface area contributed by atoms with Gasteiger partial charge in [0.25, 0.3) is 5.56 Å². The number of rotatable bonds is 4. The minimum absolute atomic E-state index is 0.212. The number of hydrogen-bond donors (Lipinski definition) is 1. The molecule has 1 saturated carbocycles. The van der Waals surface area contributed by atoms with Crippen LogP contribution < -0.4 is 5.56 Å². The molecule has 0 amide bonds. The quantitative estimate of drug-likeness (QED) is 0.459. The second-order valence-corrected chi connectivity index (χ2v) is 9.32. The summed E-state index contributed by atoms with van der Waals surface area (Å²) in [5.41, 5.74) is 3.59. The third-order valence-corrected chi connectivity index (χ3v) is 7.20. The van der Waals surface area contributed by atoms with Crippen LogP contribution in [-0.2, 0) is 13.5 Å². The second kappa shape index (κ2) is 8.89. The van der Waals surface area contributed by atoms with E-state index in [-0.39, 0.29) is 16.6 Å². The first-order valence-corrected chi connectivity index (χ1v) is 11.7. The van der Waals surface area contributed by atoms with E-state index < -0.39 is 6.10 Å². The number of benzene rings is 1. The number of halogens is 2. The van der Waals surface area contributed by atoms with E-state index in [9.17, 15) is 9.90 Å². The number of nitrogens with zero attached hydrogens (tertiary/aromatic N) is 5. The van der Waals surface area contributed by atoms with Crippen LogP contribution in [0.5, 0.6) is 0 Å². The maximum Gasteiger partial charge on any atom is 0.261 e. The Labute approximate surface area is 200 Å². The highest BCUT2D eigenvalue weighted by atomic mass is 35.5. The van der Waals surface area contributed by atoms with Crippen LogP contribution in [-0.4, -0.2) is 35.5 Å². The van der Waals surface area contributed by atoms with Crippen molar-refractivity contribution in [1.82, 2.24) is 24.3 Å². The average Bonchev–Trinajstić information content (AvgIpc) is 3.25. The van der Waals surface area contributed by atoms with E-state index in [0.717, 1.165) is 41.6 Å². The van der Waals surface area contributed by atoms with E-state index in [0.29, 0.717) is 28.8 Å². The third-order valence-electron chi connectivity index (χ3n) is 6.30. The molecule has 3 heterocycles. The summed E-state index contributed by atoms with van der Waals surface area (Å²) < 4.78 is 3.28. The molecule has 2 atom stereocenters. The van der Waals surface area contributed by atoms with Crippen molar-refractivity contribution in [3.8, 4) is 11.3 Å². The molecule has 170 valence electrons. The third kappa shape index (κ3) is 4.16. The van der Waals surface area contributed by atoms with Gasteiger partial charge in [-0.2, -0.15) is 5.10 Å². The van der Waals surface area contributed by atoms with Gasteiger partial charge in [0.1, 0.15) is 0 Å². The molecule has 0 radical (unpaired) electrons. The molecular formula is C24H23Cl2N5O2. The molecule has 3 aromatic heterocycles. The first-order valence-electron chi connectivity index (χ1n) is 10.9. The van der Waals surface area contributed by atoms with Crippen LogP contribution in [0.25, 0.3) is 22.2 Å². The first kappa shape index (κ1) is 22.1. The van der Waals surface area contributed by atoms with E-state index in [4.69, 9.17) is 23.2 Å². The Balaban J connectivity index is 1.51. The monoisotopic (exact) mass is 483 g/mol. The van der Waals surface area contributed by atoms with E-state index in [1.807, 2.05) is 25.4 Å². The number of aromatic nitrogens is 5. The van der Waals surface area contributed by atoms with Gasteiger partial charge in [0.2, 0.25) is 0 Å². The molecule has 9 heteroatoms. The van der Waals surface area contributed by atoms with E-state index in [1.165, 1.54) is 6.33 Å². The smallest absolute Gasteiger partial charge is 0.261 e. The van der Waals surface area contributed by atoms with Crippen molar-refractivity contribution < 1.29 is 5.11 Å². The summed E-state index contributed by atoms with van der Waals surface area (Å²) in [6, 6.07) is 5.40. The highest BCUT2D eigenvalue weighted by Crippen LogP contribution is 2.34. The van der Waals surface area contributed by atoms with Gasteiger partial charge >= 0.3 is 0 Å². The largest absolute Gasteiger partial charge is 0.391 e. The average molecular weight is 484 g/mol. The van der Waals surface area contributed by atoms with Gasteiger partial charge in [-0.3, -0.25) is 19.0 Å². The number of aliphatic hydroxyl groups is 1. The Bertz CT molecular complexity index is 1380. The standard InChI is InChI=1S/C24H23Cl2N5O2/c1-30-12-16(11-29-30)18-7-6-14(10-27-18)8-15-9-17-23(22(26)21(15)25)28-13-31(24(17)33)19-4-2-3-5-20(19)32/h6-7,9-13,19-20,32H,2-5,8H2,1H3. The Kier molecular flexibility index (Phi) is 5.95. The summed E-state index contributed by atoms with van der Waals surface area (Å²) in [6.07, 6.45) is 10.2. The summed E-state index contributed by atoms with van der Waals surface area (Å²) in [4.78, 5) is 22.3. The number of pyridine rings is 1. The molecule has 5 rings (SSSR count). The lowest BCUT2D eigenvalue weighted by atomic mass is 9.92. The predicted molar refractivity (Wildman–Crippen MR) is 129 cm³/mol. The lowest BCUT2D eigenvalue weighted by Crippen LogP contribution is -2.34. The Morgan fingerprint density at radius 2 is 1.94 bits per heavy atom. The molecule has 1 aliphatic rings. The minimum Gasteiger partial charge on any atom is -0.391 e. The summed E-state index contributed by atoms with van der Waals surface area (Å²) in [5.74, 6) is 0. The molecule has 0 saturated heterocycles. The van der Waals surface area contributed by atoms with E-state index >= 15 is 0 Å². The van der Waals surface area contributed by atoms with Crippen LogP contribution in [0.3, 0.4) is 0 Å². The molecule has 0 bridgehead atoms. The molecule has 1 fully saturated rings. The van der Waals surface area contributed by atoms with Crippen molar-refractivity contribution in [2.75, 3.05) is 0 Å². The Morgan fingerprint density at radius 1 is 1.12 bits per heavy atom. The van der Waals surface area contributed by atoms with Crippen molar-refractivity contribution in [2.45, 2.75) is 44.2 Å². The molecule has 1 aromatic carbocycles. The molecule has 33 heavy (non-hydrogen) atoms. The van der Waals surface area contributed by atoms with Crippen molar-refractivity contribution in [2.24, 2.45) is 7.05 Å². The zero-order valence-corrected chi connectivity index (χ0v) is 19.6. The molecule has 1 N–H and O–H groups in total. The maximum atomic E-state index is 13.3. The van der Waals surface area contributed by atoms with Gasteiger partial charge in [-0.25, -0.2) is 4.98 Å². The summed E-state index contributed by atoms with van der Waals surface area (Å²) >= 11 is 13.1. The number of aryl methyl sites for hydroxylation is 1. The van der Waals surface area contributed by atoms with E-state index in [2.05, 4.69) is 15.1 Å². The highest BCUT2D eigenvalue weighted by molar-refractivity contribution is 6.45. The van der Waals surface area contributed by atoms with Crippen LogP contribution in [0, 0.1) is 0 Å². The summed E-state index contributed by atoms with van der Waals surface area (Å²) in [6.45, 7) is 0. The minimum atomic E-state index is -0.553. The van der Waals surface area contributed by atoms with Gasteiger partial charge in [-0.15, -0.1) is 0 Å². The van der Waals surface area contributed by atoms with Gasteiger partial charge in [0, 0.05) is 31.4 Å². The number of fused-ring (bicyclic) bond motifs is 1. The predicted octanol–water partition coefficient (Wildman–Crippen LogP) is 4.57. The van der Waals surface area contributed by atoms with Crippen molar-refractivity contribution >= 4 is 34.1 Å². The van der Waals surface area contributed by atoms with Crippen LogP contribution >= 0.6 is 23.2 Å². The lowest BCUT2D eigenvalue weighted by molar-refractivity contribution is 0.0735. The van der Waals surface area contributed by atoms with Gasteiger partial charge in [0.05, 0.1) is 51.3 Å². The molecule has 1 aliphatic carbocycles. The van der Waals surface area contributed by atoms with Crippen LogP contribution in [0.1, 0.15) is 42.9 Å². The van der Waals surface area contributed by atoms with Crippen LogP contribution in [0.4, 0.5) is 0 Å². The van der Waals surface area contributed by atoms with Crippen LogP contribution in [0.15, 0.2) is 47.9 Å². The Hall–Kier alpha value is -2.74. The van der Waals surface area contributed by atoms with E-state index in [1.54, 1.807) is 27.7 Å². The number of aliphatic hydroxyl groups excluding tert-OH is 1. The summed E-state index contributed by atoms with van der Waals surface area (Å²) in [5, 5.41) is 15.6. The molecular weight excluding hydrogens is 461 g/mol. The SMILES string of the molecule is Cn1cc(-c2ccc(Cc3cc4c(=O)n(C5CCCCC5O)cnc4c(Cl)c3Cl)cn2)cn1. The molecule has 4 aromatic rings. The van der Waals surface area contributed by atoms with Crippen LogP contribution in [0.2, 0.25) is 10.0 Å². The van der Waals surface area contributed by atoms with Crippen molar-refractivity contribution in [3.05, 3.63) is 74.6 Å². The van der Waals surface area contributed by atoms with Gasteiger partial charge in [-0.1, -0.05) is 42.1 Å². The second-order valence-electron chi connectivity index (χ2n) is 8.57. The first-order chi connectivity index (χ1) is 15.9. The normalized spacial score (nSPS) is 18.7. The topological polar surface area (TPSA) is 85.8 Å². The molecule has 7 nitrogen and oxygen atoms in total. The van der Waals surface area contributed by atoms with Crippen molar-refractivity contribution in [1.29, 1.82) is 0 Å². The summed E-state index contributed by atoms with van der Waals surface area (Å²) in [7, 11) is 1.86. The highest BCUT2D eigenvalue weighted by Gasteiger charge is 2.26. The fourth-order valence-corrected chi connectivity index (χ4v) is 5.01. The number of hydrogen-bond acceptors (Lipinski definition) is 5. The zero-order valence-electron chi connectivity index (χ0n) is 18.1. The fraction of sp³-hybridized carbons (Fsp3) is 0.333. The van der Waals surface area contributed by atoms with Gasteiger partial charge < -0.3 is 5.11 Å². The van der Waals surface area contributed by atoms with Gasteiger partial charge in [0.15, 0.2) is 0 Å². The zero-order chi connectivity index (χ0) is 23.1. The van der Waals surface area contributed by atoms with Crippen molar-refractivity contribution in [3.63, 3.8) is 0 Å². The Morgan fingerprint density at radius 3 is 2.64 bits per heavy atom. The fourth-order valence-electron chi connectivity index (χ4n) is 4.52. The maximum absolute atomic E-state index is 13.3. The molecule has 0 aliphatic heterocycles.